The number of pyridine rings is 2. The van der Waals surface area contributed by atoms with Crippen LogP contribution in [-0.4, -0.2) is 28.9 Å². The Kier molecular flexibility index (Phi) is 4.43. The lowest BCUT2D eigenvalue weighted by Gasteiger charge is -2.35. The quantitative estimate of drug-likeness (QED) is 0.676. The lowest BCUT2D eigenvalue weighted by Crippen LogP contribution is -2.45. The Morgan fingerprint density at radius 3 is 2.32 bits per heavy atom. The van der Waals surface area contributed by atoms with E-state index in [0.717, 1.165) is 27.4 Å². The summed E-state index contributed by atoms with van der Waals surface area (Å²) in [5, 5.41) is 6.83. The van der Waals surface area contributed by atoms with E-state index in [-0.39, 0.29) is 0 Å². The van der Waals surface area contributed by atoms with Gasteiger partial charge in [0.15, 0.2) is 0 Å². The zero-order valence-electron chi connectivity index (χ0n) is 13.5. The van der Waals surface area contributed by atoms with Crippen LogP contribution in [0, 0.1) is 0 Å². The second kappa shape index (κ2) is 7.03. The molecule has 0 unspecified atom stereocenters. The van der Waals surface area contributed by atoms with Gasteiger partial charge in [-0.25, -0.2) is 9.99 Å². The molecule has 5 nitrogen and oxygen atoms in total. The maximum Gasteiger partial charge on any atom is 0.130 e. The number of rotatable bonds is 3. The monoisotopic (exact) mass is 393 g/mol. The molecule has 0 saturated carbocycles. The van der Waals surface area contributed by atoms with Gasteiger partial charge in [0, 0.05) is 16.9 Å². The summed E-state index contributed by atoms with van der Waals surface area (Å²) in [6.07, 6.45) is 3.60. The van der Waals surface area contributed by atoms with Gasteiger partial charge in [0.05, 0.1) is 17.9 Å². The van der Waals surface area contributed by atoms with Crippen molar-refractivity contribution < 1.29 is 0 Å². The van der Waals surface area contributed by atoms with Crippen molar-refractivity contribution in [1.82, 2.24) is 9.97 Å². The third kappa shape index (κ3) is 3.39. The highest BCUT2D eigenvalue weighted by Crippen LogP contribution is 2.29. The van der Waals surface area contributed by atoms with Crippen LogP contribution in [-0.2, 0) is 0 Å². The Balaban J connectivity index is 1.76. The first-order valence-electron chi connectivity index (χ1n) is 7.98. The average molecular weight is 394 g/mol. The van der Waals surface area contributed by atoms with Gasteiger partial charge in [-0.3, -0.25) is 4.98 Å². The fourth-order valence-corrected chi connectivity index (χ4v) is 3.24. The van der Waals surface area contributed by atoms with Crippen molar-refractivity contribution in [2.75, 3.05) is 23.1 Å². The van der Waals surface area contributed by atoms with E-state index in [2.05, 4.69) is 30.8 Å². The molecule has 3 aromatic rings. The number of halogens is 1. The number of nitrogens with zero attached hydrogens (tertiary/aromatic N) is 5. The fraction of sp³-hybridized carbons (Fsp3) is 0.105. The highest BCUT2D eigenvalue weighted by atomic mass is 79.9. The van der Waals surface area contributed by atoms with Crippen molar-refractivity contribution in [2.45, 2.75) is 0 Å². The molecular weight excluding hydrogens is 378 g/mol. The zero-order chi connectivity index (χ0) is 17.1. The molecule has 0 saturated heterocycles. The number of para-hydroxylation sites is 1. The molecule has 2 aromatic heterocycles. The first-order valence-corrected chi connectivity index (χ1v) is 8.77. The highest BCUT2D eigenvalue weighted by Gasteiger charge is 2.24. The SMILES string of the molecule is Brc1ccccc1N1CN(c2ccccn2)CC(c2ccccn2)=N1. The lowest BCUT2D eigenvalue weighted by atomic mass is 10.2. The van der Waals surface area contributed by atoms with E-state index >= 15 is 0 Å². The van der Waals surface area contributed by atoms with Crippen molar-refractivity contribution >= 4 is 33.1 Å². The van der Waals surface area contributed by atoms with Crippen LogP contribution in [0.4, 0.5) is 11.5 Å². The minimum absolute atomic E-state index is 0.621. The Morgan fingerprint density at radius 2 is 1.60 bits per heavy atom. The summed E-state index contributed by atoms with van der Waals surface area (Å²) in [6.45, 7) is 1.28. The van der Waals surface area contributed by atoms with Crippen LogP contribution in [0.2, 0.25) is 0 Å². The number of benzene rings is 1. The van der Waals surface area contributed by atoms with Gasteiger partial charge in [-0.05, 0) is 52.3 Å². The average Bonchev–Trinajstić information content (AvgIpc) is 2.69. The van der Waals surface area contributed by atoms with Gasteiger partial charge >= 0.3 is 0 Å². The van der Waals surface area contributed by atoms with E-state index in [1.807, 2.05) is 71.9 Å². The van der Waals surface area contributed by atoms with Crippen LogP contribution in [0.3, 0.4) is 0 Å². The third-order valence-electron chi connectivity index (χ3n) is 3.95. The van der Waals surface area contributed by atoms with Crippen molar-refractivity contribution in [3.8, 4) is 0 Å². The third-order valence-corrected chi connectivity index (χ3v) is 4.62. The van der Waals surface area contributed by atoms with Gasteiger partial charge in [-0.15, -0.1) is 0 Å². The summed E-state index contributed by atoms with van der Waals surface area (Å²) in [6, 6.07) is 19.9. The highest BCUT2D eigenvalue weighted by molar-refractivity contribution is 9.10. The summed E-state index contributed by atoms with van der Waals surface area (Å²) in [7, 11) is 0. The van der Waals surface area contributed by atoms with E-state index in [0.29, 0.717) is 13.2 Å². The molecule has 1 aromatic carbocycles. The number of hydrazone groups is 1. The van der Waals surface area contributed by atoms with Gasteiger partial charge in [0.25, 0.3) is 0 Å². The van der Waals surface area contributed by atoms with Crippen LogP contribution in [0.15, 0.2) is 82.6 Å². The summed E-state index contributed by atoms with van der Waals surface area (Å²) in [4.78, 5) is 11.1. The number of aromatic nitrogens is 2. The van der Waals surface area contributed by atoms with Crippen LogP contribution >= 0.6 is 15.9 Å². The van der Waals surface area contributed by atoms with Gasteiger partial charge in [-0.2, -0.15) is 5.10 Å². The summed E-state index contributed by atoms with van der Waals surface area (Å²) < 4.78 is 1.00. The molecule has 124 valence electrons. The lowest BCUT2D eigenvalue weighted by molar-refractivity contribution is 0.746. The molecule has 0 aliphatic carbocycles. The van der Waals surface area contributed by atoms with E-state index in [4.69, 9.17) is 5.10 Å². The fourth-order valence-electron chi connectivity index (χ4n) is 2.75. The minimum atomic E-state index is 0.621. The molecule has 0 radical (unpaired) electrons. The Hall–Kier alpha value is -2.73. The Morgan fingerprint density at radius 1 is 0.840 bits per heavy atom. The molecule has 0 fully saturated rings. The second-order valence-electron chi connectivity index (χ2n) is 5.64. The molecule has 0 spiro atoms. The molecule has 0 atom stereocenters. The largest absolute Gasteiger partial charge is 0.331 e. The molecule has 3 heterocycles. The van der Waals surface area contributed by atoms with Gasteiger partial charge in [0.2, 0.25) is 0 Å². The Bertz CT molecular complexity index is 883. The summed E-state index contributed by atoms with van der Waals surface area (Å²) >= 11 is 3.62. The molecule has 25 heavy (non-hydrogen) atoms. The van der Waals surface area contributed by atoms with Gasteiger partial charge < -0.3 is 4.90 Å². The topological polar surface area (TPSA) is 44.6 Å². The second-order valence-corrected chi connectivity index (χ2v) is 6.49. The first-order chi connectivity index (χ1) is 12.3. The predicted octanol–water partition coefficient (Wildman–Crippen LogP) is 3.93. The zero-order valence-corrected chi connectivity index (χ0v) is 15.0. The van der Waals surface area contributed by atoms with Crippen molar-refractivity contribution in [3.63, 3.8) is 0 Å². The predicted molar refractivity (Wildman–Crippen MR) is 104 cm³/mol. The molecule has 1 aliphatic heterocycles. The smallest absolute Gasteiger partial charge is 0.130 e. The standard InChI is InChI=1S/C19H16BrN5/c20-15-7-1-2-9-18(15)25-14-24(19-10-4-6-12-22-19)13-17(23-25)16-8-3-5-11-21-16/h1-12H,13-14H2. The molecule has 0 bridgehead atoms. The van der Waals surface area contributed by atoms with Crippen LogP contribution in [0.5, 0.6) is 0 Å². The molecule has 1 aliphatic rings. The molecular formula is C19H16BrN5. The number of hydrogen-bond donors (Lipinski definition) is 0. The van der Waals surface area contributed by atoms with E-state index < -0.39 is 0 Å². The molecule has 4 rings (SSSR count). The molecule has 0 amide bonds. The van der Waals surface area contributed by atoms with Crippen molar-refractivity contribution in [1.29, 1.82) is 0 Å². The summed E-state index contributed by atoms with van der Waals surface area (Å²) in [5.41, 5.74) is 2.80. The number of hydrogen-bond acceptors (Lipinski definition) is 5. The van der Waals surface area contributed by atoms with Crippen LogP contribution in [0.1, 0.15) is 5.69 Å². The van der Waals surface area contributed by atoms with Crippen LogP contribution in [0.25, 0.3) is 0 Å². The van der Waals surface area contributed by atoms with E-state index in [1.165, 1.54) is 0 Å². The van der Waals surface area contributed by atoms with Gasteiger partial charge in [-0.1, -0.05) is 24.3 Å². The number of anilines is 2. The van der Waals surface area contributed by atoms with Gasteiger partial charge in [0.1, 0.15) is 18.2 Å². The van der Waals surface area contributed by atoms with Crippen molar-refractivity contribution in [3.05, 3.63) is 83.2 Å². The maximum atomic E-state index is 4.85. The maximum absolute atomic E-state index is 4.85. The van der Waals surface area contributed by atoms with Crippen LogP contribution < -0.4 is 9.91 Å². The Labute approximate surface area is 154 Å². The normalized spacial score (nSPS) is 14.4. The molecule has 0 N–H and O–H groups in total. The molecule has 6 heteroatoms. The minimum Gasteiger partial charge on any atom is -0.331 e. The summed E-state index contributed by atoms with van der Waals surface area (Å²) in [5.74, 6) is 0.919. The van der Waals surface area contributed by atoms with E-state index in [9.17, 15) is 0 Å². The van der Waals surface area contributed by atoms with Crippen molar-refractivity contribution in [2.24, 2.45) is 5.10 Å². The van der Waals surface area contributed by atoms with E-state index in [1.54, 1.807) is 6.20 Å². The first kappa shape index (κ1) is 15.8.